The minimum atomic E-state index is 0.203. The van der Waals surface area contributed by atoms with Crippen molar-refractivity contribution >= 4 is 11.6 Å². The predicted octanol–water partition coefficient (Wildman–Crippen LogP) is 3.83. The fourth-order valence-electron chi connectivity index (χ4n) is 2.97. The normalized spacial score (nSPS) is 18.4. The number of nitrogens with one attached hydrogen (secondary N) is 1. The zero-order valence-corrected chi connectivity index (χ0v) is 12.9. The zero-order chi connectivity index (χ0) is 14.5. The van der Waals surface area contributed by atoms with Gasteiger partial charge in [0.15, 0.2) is 0 Å². The molecule has 0 radical (unpaired) electrons. The largest absolute Gasteiger partial charge is 0.385 e. The molecule has 1 aromatic rings. The molecule has 0 aromatic heterocycles. The van der Waals surface area contributed by atoms with Crippen LogP contribution in [0.5, 0.6) is 0 Å². The molecule has 0 spiro atoms. The van der Waals surface area contributed by atoms with E-state index in [4.69, 9.17) is 0 Å². The van der Waals surface area contributed by atoms with Gasteiger partial charge in [0, 0.05) is 30.4 Å². The quantitative estimate of drug-likeness (QED) is 0.885. The fourth-order valence-corrected chi connectivity index (χ4v) is 2.97. The number of amides is 1. The number of carbonyl (C=O) groups is 1. The summed E-state index contributed by atoms with van der Waals surface area (Å²) in [5, 5.41) is 3.37. The van der Waals surface area contributed by atoms with Crippen LogP contribution in [0.4, 0.5) is 5.69 Å². The highest BCUT2D eigenvalue weighted by Crippen LogP contribution is 2.24. The van der Waals surface area contributed by atoms with Crippen molar-refractivity contribution < 1.29 is 4.79 Å². The van der Waals surface area contributed by atoms with Crippen molar-refractivity contribution in [2.24, 2.45) is 0 Å². The van der Waals surface area contributed by atoms with Gasteiger partial charge in [-0.3, -0.25) is 4.79 Å². The summed E-state index contributed by atoms with van der Waals surface area (Å²) in [6.07, 6.45) is 4.45. The van der Waals surface area contributed by atoms with E-state index < -0.39 is 0 Å². The lowest BCUT2D eigenvalue weighted by molar-refractivity contribution is 0.0733. The average molecular weight is 274 g/mol. The molecule has 110 valence electrons. The van der Waals surface area contributed by atoms with Gasteiger partial charge in [-0.1, -0.05) is 13.8 Å². The van der Waals surface area contributed by atoms with Crippen molar-refractivity contribution in [2.45, 2.75) is 52.5 Å². The van der Waals surface area contributed by atoms with Crippen LogP contribution in [-0.2, 0) is 0 Å². The summed E-state index contributed by atoms with van der Waals surface area (Å²) in [6.45, 7) is 8.22. The topological polar surface area (TPSA) is 32.3 Å². The van der Waals surface area contributed by atoms with Gasteiger partial charge in [0.1, 0.15) is 0 Å². The van der Waals surface area contributed by atoms with E-state index in [1.807, 2.05) is 19.1 Å². The monoisotopic (exact) mass is 274 g/mol. The minimum absolute atomic E-state index is 0.203. The lowest BCUT2D eigenvalue weighted by atomic mass is 10.1. The van der Waals surface area contributed by atoms with Crippen LogP contribution in [-0.4, -0.2) is 29.9 Å². The van der Waals surface area contributed by atoms with Crippen LogP contribution in [0.3, 0.4) is 0 Å². The molecule has 3 nitrogen and oxygen atoms in total. The van der Waals surface area contributed by atoms with Gasteiger partial charge in [0.2, 0.25) is 0 Å². The molecule has 2 rings (SSSR count). The van der Waals surface area contributed by atoms with Crippen LogP contribution in [0.2, 0.25) is 0 Å². The number of hydrogen-bond acceptors (Lipinski definition) is 2. The maximum atomic E-state index is 12.7. The highest BCUT2D eigenvalue weighted by atomic mass is 16.2. The maximum absolute atomic E-state index is 12.7. The molecule has 1 fully saturated rings. The minimum Gasteiger partial charge on any atom is -0.385 e. The fraction of sp³-hybridized carbons (Fsp3) is 0.588. The summed E-state index contributed by atoms with van der Waals surface area (Å²) >= 11 is 0. The number of benzene rings is 1. The van der Waals surface area contributed by atoms with E-state index in [2.05, 4.69) is 30.1 Å². The molecule has 0 bridgehead atoms. The van der Waals surface area contributed by atoms with Crippen LogP contribution in [0.25, 0.3) is 0 Å². The molecule has 1 N–H and O–H groups in total. The second kappa shape index (κ2) is 6.78. The van der Waals surface area contributed by atoms with Gasteiger partial charge in [0.25, 0.3) is 5.91 Å². The Morgan fingerprint density at radius 1 is 1.40 bits per heavy atom. The summed E-state index contributed by atoms with van der Waals surface area (Å²) < 4.78 is 0. The third-order valence-corrected chi connectivity index (χ3v) is 4.15. The van der Waals surface area contributed by atoms with Crippen molar-refractivity contribution in [3.05, 3.63) is 29.3 Å². The van der Waals surface area contributed by atoms with Crippen molar-refractivity contribution in [2.75, 3.05) is 18.4 Å². The molecular weight excluding hydrogens is 248 g/mol. The highest BCUT2D eigenvalue weighted by Gasteiger charge is 2.28. The summed E-state index contributed by atoms with van der Waals surface area (Å²) in [6, 6.07) is 6.51. The molecular formula is C17H26N2O. The summed E-state index contributed by atoms with van der Waals surface area (Å²) in [5.74, 6) is 0.203. The van der Waals surface area contributed by atoms with Gasteiger partial charge >= 0.3 is 0 Å². The molecule has 1 aromatic carbocycles. The van der Waals surface area contributed by atoms with Gasteiger partial charge in [-0.05, 0) is 56.4 Å². The maximum Gasteiger partial charge on any atom is 0.254 e. The molecule has 0 saturated carbocycles. The predicted molar refractivity (Wildman–Crippen MR) is 84.3 cm³/mol. The Kier molecular flexibility index (Phi) is 5.05. The van der Waals surface area contributed by atoms with Crippen LogP contribution in [0.1, 0.15) is 55.5 Å². The Hall–Kier alpha value is -1.51. The lowest BCUT2D eigenvalue weighted by Gasteiger charge is -2.24. The molecule has 1 aliphatic heterocycles. The molecule has 1 unspecified atom stereocenters. The first-order valence-electron chi connectivity index (χ1n) is 7.82. The van der Waals surface area contributed by atoms with Crippen LogP contribution in [0.15, 0.2) is 18.2 Å². The van der Waals surface area contributed by atoms with Crippen LogP contribution < -0.4 is 5.32 Å². The zero-order valence-electron chi connectivity index (χ0n) is 12.9. The molecule has 1 saturated heterocycles. The standard InChI is InChI=1S/C17H26N2O/c1-4-10-18-14-8-9-16(13(3)12-14)17(20)19-11-6-7-15(19)5-2/h8-9,12,15,18H,4-7,10-11H2,1-3H3. The van der Waals surface area contributed by atoms with Gasteiger partial charge in [-0.15, -0.1) is 0 Å². The third-order valence-electron chi connectivity index (χ3n) is 4.15. The van der Waals surface area contributed by atoms with Gasteiger partial charge in [-0.2, -0.15) is 0 Å². The molecule has 0 aliphatic carbocycles. The Labute approximate surface area is 122 Å². The number of rotatable bonds is 5. The highest BCUT2D eigenvalue weighted by molar-refractivity contribution is 5.96. The number of hydrogen-bond donors (Lipinski definition) is 1. The van der Waals surface area contributed by atoms with E-state index in [0.29, 0.717) is 6.04 Å². The Bertz CT molecular complexity index is 470. The number of anilines is 1. The molecule has 1 aliphatic rings. The molecule has 1 atom stereocenters. The van der Waals surface area contributed by atoms with E-state index in [1.54, 1.807) is 0 Å². The SMILES string of the molecule is CCCNc1ccc(C(=O)N2CCCC2CC)c(C)c1. The third kappa shape index (κ3) is 3.14. The Morgan fingerprint density at radius 2 is 2.20 bits per heavy atom. The molecule has 1 heterocycles. The smallest absolute Gasteiger partial charge is 0.254 e. The first-order valence-corrected chi connectivity index (χ1v) is 7.82. The summed E-state index contributed by atoms with van der Waals surface area (Å²) in [5.41, 5.74) is 3.03. The van der Waals surface area contributed by atoms with Crippen molar-refractivity contribution in [1.29, 1.82) is 0 Å². The van der Waals surface area contributed by atoms with E-state index in [0.717, 1.165) is 55.6 Å². The average Bonchev–Trinajstić information content (AvgIpc) is 2.93. The van der Waals surface area contributed by atoms with Crippen LogP contribution in [0, 0.1) is 6.92 Å². The lowest BCUT2D eigenvalue weighted by Crippen LogP contribution is -2.35. The van der Waals surface area contributed by atoms with Crippen molar-refractivity contribution in [1.82, 2.24) is 4.90 Å². The molecule has 20 heavy (non-hydrogen) atoms. The second-order valence-electron chi connectivity index (χ2n) is 5.66. The number of nitrogens with zero attached hydrogens (tertiary/aromatic N) is 1. The van der Waals surface area contributed by atoms with Crippen molar-refractivity contribution in [3.63, 3.8) is 0 Å². The summed E-state index contributed by atoms with van der Waals surface area (Å²) in [4.78, 5) is 14.7. The number of likely N-dealkylation sites (tertiary alicyclic amines) is 1. The first kappa shape index (κ1) is 14.9. The number of aryl methyl sites for hydroxylation is 1. The summed E-state index contributed by atoms with van der Waals surface area (Å²) in [7, 11) is 0. The van der Waals surface area contributed by atoms with Crippen molar-refractivity contribution in [3.8, 4) is 0 Å². The Morgan fingerprint density at radius 3 is 2.85 bits per heavy atom. The van der Waals surface area contributed by atoms with E-state index in [9.17, 15) is 4.79 Å². The Balaban J connectivity index is 2.14. The van der Waals surface area contributed by atoms with E-state index >= 15 is 0 Å². The second-order valence-corrected chi connectivity index (χ2v) is 5.66. The molecule has 3 heteroatoms. The van der Waals surface area contributed by atoms with Gasteiger partial charge in [-0.25, -0.2) is 0 Å². The number of carbonyl (C=O) groups excluding carboxylic acids is 1. The van der Waals surface area contributed by atoms with E-state index in [-0.39, 0.29) is 5.91 Å². The molecule has 1 amide bonds. The van der Waals surface area contributed by atoms with Gasteiger partial charge < -0.3 is 10.2 Å². The first-order chi connectivity index (χ1) is 9.67. The van der Waals surface area contributed by atoms with Crippen LogP contribution >= 0.6 is 0 Å². The van der Waals surface area contributed by atoms with E-state index in [1.165, 1.54) is 0 Å². The van der Waals surface area contributed by atoms with Gasteiger partial charge in [0.05, 0.1) is 0 Å².